The molecule has 6 heteroatoms. The molecule has 0 saturated carbocycles. The molecule has 0 aliphatic rings. The summed E-state index contributed by atoms with van der Waals surface area (Å²) in [6.45, 7) is 0. The van der Waals surface area contributed by atoms with E-state index in [1.165, 1.54) is 19.2 Å². The first-order chi connectivity index (χ1) is 12.4. The Morgan fingerprint density at radius 2 is 1.58 bits per heavy atom. The van der Waals surface area contributed by atoms with E-state index in [9.17, 15) is 18.3 Å². The van der Waals surface area contributed by atoms with Gasteiger partial charge in [-0.25, -0.2) is 8.42 Å². The number of likely N-dealkylation sites (N-methyl/N-ethyl adjacent to an activating group) is 1. The number of hydrogen-bond donors (Lipinski definition) is 1. The topological polar surface area (TPSA) is 74.7 Å². The number of aliphatic carboxylic acids is 1. The molecule has 0 saturated heterocycles. The van der Waals surface area contributed by atoms with Crippen molar-refractivity contribution in [1.82, 2.24) is 4.31 Å². The molecule has 134 valence electrons. The van der Waals surface area contributed by atoms with E-state index in [1.54, 1.807) is 18.2 Å². The number of rotatable bonds is 6. The lowest BCUT2D eigenvalue weighted by Crippen LogP contribution is -2.43. The molecular weight excluding hydrogens is 350 g/mol. The molecule has 0 aromatic heterocycles. The molecule has 3 aromatic rings. The molecule has 0 heterocycles. The van der Waals surface area contributed by atoms with E-state index in [-0.39, 0.29) is 11.3 Å². The maximum atomic E-state index is 12.8. The first-order valence-corrected chi connectivity index (χ1v) is 9.58. The Morgan fingerprint density at radius 3 is 2.27 bits per heavy atom. The molecule has 26 heavy (non-hydrogen) atoms. The second-order valence-corrected chi connectivity index (χ2v) is 8.03. The minimum Gasteiger partial charge on any atom is -0.480 e. The van der Waals surface area contributed by atoms with Gasteiger partial charge in [0, 0.05) is 13.5 Å². The molecule has 0 radical (unpaired) electrons. The number of benzene rings is 3. The van der Waals surface area contributed by atoms with Crippen molar-refractivity contribution in [2.24, 2.45) is 0 Å². The molecule has 3 aromatic carbocycles. The van der Waals surface area contributed by atoms with E-state index in [1.807, 2.05) is 42.5 Å². The van der Waals surface area contributed by atoms with Crippen LogP contribution < -0.4 is 0 Å². The SMILES string of the molecule is CN(C(Cc1cccc2ccccc12)C(=O)O)S(=O)(=O)c1ccccc1. The molecule has 0 fully saturated rings. The van der Waals surface area contributed by atoms with Crippen LogP contribution in [0, 0.1) is 0 Å². The summed E-state index contributed by atoms with van der Waals surface area (Å²) in [6, 6.07) is 19.9. The van der Waals surface area contributed by atoms with E-state index in [2.05, 4.69) is 0 Å². The van der Waals surface area contributed by atoms with Gasteiger partial charge in [0.15, 0.2) is 0 Å². The van der Waals surface area contributed by atoms with Crippen molar-refractivity contribution in [3.63, 3.8) is 0 Å². The summed E-state index contributed by atoms with van der Waals surface area (Å²) in [7, 11) is -2.59. The fourth-order valence-electron chi connectivity index (χ4n) is 2.98. The van der Waals surface area contributed by atoms with Gasteiger partial charge < -0.3 is 5.11 Å². The van der Waals surface area contributed by atoms with Crippen LogP contribution in [0.1, 0.15) is 5.56 Å². The van der Waals surface area contributed by atoms with Gasteiger partial charge in [0.25, 0.3) is 0 Å². The van der Waals surface area contributed by atoms with Crippen molar-refractivity contribution in [3.05, 3.63) is 78.4 Å². The van der Waals surface area contributed by atoms with Gasteiger partial charge in [-0.15, -0.1) is 0 Å². The average Bonchev–Trinajstić information content (AvgIpc) is 2.66. The molecule has 3 rings (SSSR count). The van der Waals surface area contributed by atoms with Crippen LogP contribution in [-0.4, -0.2) is 36.9 Å². The number of fused-ring (bicyclic) bond motifs is 1. The van der Waals surface area contributed by atoms with Gasteiger partial charge in [0.2, 0.25) is 10.0 Å². The lowest BCUT2D eigenvalue weighted by Gasteiger charge is -2.25. The highest BCUT2D eigenvalue weighted by molar-refractivity contribution is 7.89. The van der Waals surface area contributed by atoms with E-state index >= 15 is 0 Å². The number of carboxylic acids is 1. The van der Waals surface area contributed by atoms with Crippen LogP contribution in [0.25, 0.3) is 10.8 Å². The molecule has 1 unspecified atom stereocenters. The Labute approximate surface area is 152 Å². The first kappa shape index (κ1) is 18.1. The maximum Gasteiger partial charge on any atom is 0.322 e. The summed E-state index contributed by atoms with van der Waals surface area (Å²) < 4.78 is 26.5. The molecule has 5 nitrogen and oxygen atoms in total. The predicted octanol–water partition coefficient (Wildman–Crippen LogP) is 3.16. The van der Waals surface area contributed by atoms with Gasteiger partial charge >= 0.3 is 5.97 Å². The Bertz CT molecular complexity index is 1030. The van der Waals surface area contributed by atoms with E-state index in [0.29, 0.717) is 0 Å². The monoisotopic (exact) mass is 369 g/mol. The number of carboxylic acid groups (broad SMARTS) is 1. The van der Waals surface area contributed by atoms with Crippen molar-refractivity contribution in [3.8, 4) is 0 Å². The van der Waals surface area contributed by atoms with Crippen molar-refractivity contribution < 1.29 is 18.3 Å². The first-order valence-electron chi connectivity index (χ1n) is 8.14. The van der Waals surface area contributed by atoms with Gasteiger partial charge in [-0.3, -0.25) is 4.79 Å². The van der Waals surface area contributed by atoms with Crippen LogP contribution in [0.4, 0.5) is 0 Å². The van der Waals surface area contributed by atoms with Crippen LogP contribution in [0.3, 0.4) is 0 Å². The predicted molar refractivity (Wildman–Crippen MR) is 100 cm³/mol. The van der Waals surface area contributed by atoms with Gasteiger partial charge in [0.05, 0.1) is 4.90 Å². The highest BCUT2D eigenvalue weighted by Gasteiger charge is 2.33. The van der Waals surface area contributed by atoms with E-state index < -0.39 is 22.0 Å². The van der Waals surface area contributed by atoms with Gasteiger partial charge in [-0.2, -0.15) is 4.31 Å². The van der Waals surface area contributed by atoms with Gasteiger partial charge in [0.1, 0.15) is 6.04 Å². The zero-order valence-corrected chi connectivity index (χ0v) is 15.1. The largest absolute Gasteiger partial charge is 0.480 e. The van der Waals surface area contributed by atoms with Crippen LogP contribution in [0.5, 0.6) is 0 Å². The van der Waals surface area contributed by atoms with Crippen molar-refractivity contribution in [2.75, 3.05) is 7.05 Å². The molecule has 0 aliphatic carbocycles. The third kappa shape index (κ3) is 3.47. The zero-order chi connectivity index (χ0) is 18.7. The normalized spacial score (nSPS) is 13.0. The smallest absolute Gasteiger partial charge is 0.322 e. The second-order valence-electron chi connectivity index (χ2n) is 6.03. The molecule has 0 amide bonds. The molecule has 0 bridgehead atoms. The Morgan fingerprint density at radius 1 is 0.962 bits per heavy atom. The van der Waals surface area contributed by atoms with Crippen LogP contribution in [0.2, 0.25) is 0 Å². The number of carbonyl (C=O) groups is 1. The molecular formula is C20H19NO4S. The minimum atomic E-state index is -3.90. The lowest BCUT2D eigenvalue weighted by molar-refractivity contribution is -0.141. The highest BCUT2D eigenvalue weighted by Crippen LogP contribution is 2.23. The molecule has 0 aliphatic heterocycles. The summed E-state index contributed by atoms with van der Waals surface area (Å²) in [4.78, 5) is 11.9. The Kier molecular flexibility index (Phi) is 5.06. The van der Waals surface area contributed by atoms with Crippen molar-refractivity contribution >= 4 is 26.8 Å². The highest BCUT2D eigenvalue weighted by atomic mass is 32.2. The molecule has 0 spiro atoms. The summed E-state index contributed by atoms with van der Waals surface area (Å²) in [6.07, 6.45) is 0.0826. The van der Waals surface area contributed by atoms with Crippen LogP contribution in [0.15, 0.2) is 77.7 Å². The van der Waals surface area contributed by atoms with Crippen molar-refractivity contribution in [1.29, 1.82) is 0 Å². The summed E-state index contributed by atoms with van der Waals surface area (Å²) in [5.41, 5.74) is 0.797. The second kappa shape index (κ2) is 7.27. The number of hydrogen-bond acceptors (Lipinski definition) is 3. The Hall–Kier alpha value is -2.70. The average molecular weight is 369 g/mol. The Balaban J connectivity index is 1.98. The lowest BCUT2D eigenvalue weighted by atomic mass is 9.99. The molecule has 1 atom stereocenters. The summed E-state index contributed by atoms with van der Waals surface area (Å²) >= 11 is 0. The zero-order valence-electron chi connectivity index (χ0n) is 14.2. The fourth-order valence-corrected chi connectivity index (χ4v) is 4.31. The fraction of sp³-hybridized carbons (Fsp3) is 0.150. The van der Waals surface area contributed by atoms with E-state index in [0.717, 1.165) is 20.6 Å². The minimum absolute atomic E-state index is 0.0756. The number of sulfonamides is 1. The summed E-state index contributed by atoms with van der Waals surface area (Å²) in [5.74, 6) is -1.18. The van der Waals surface area contributed by atoms with Crippen molar-refractivity contribution in [2.45, 2.75) is 17.4 Å². The third-order valence-corrected chi connectivity index (χ3v) is 6.32. The van der Waals surface area contributed by atoms with E-state index in [4.69, 9.17) is 0 Å². The van der Waals surface area contributed by atoms with Gasteiger partial charge in [-0.05, 0) is 28.5 Å². The van der Waals surface area contributed by atoms with Gasteiger partial charge in [-0.1, -0.05) is 60.7 Å². The molecule has 1 N–H and O–H groups in total. The van der Waals surface area contributed by atoms with Crippen LogP contribution in [-0.2, 0) is 21.2 Å². The standard InChI is InChI=1S/C20H19NO4S/c1-21(26(24,25)17-11-3-2-4-12-17)19(20(22)23)14-16-10-7-9-15-8-5-6-13-18(15)16/h2-13,19H,14H2,1H3,(H,22,23). The van der Waals surface area contributed by atoms with Crippen LogP contribution >= 0.6 is 0 Å². The third-order valence-electron chi connectivity index (χ3n) is 4.44. The summed E-state index contributed by atoms with van der Waals surface area (Å²) in [5, 5.41) is 11.6. The number of nitrogens with zero attached hydrogens (tertiary/aromatic N) is 1. The quantitative estimate of drug-likeness (QED) is 0.724. The maximum absolute atomic E-state index is 12.8.